The Morgan fingerprint density at radius 2 is 1.72 bits per heavy atom. The van der Waals surface area contributed by atoms with Gasteiger partial charge in [-0.05, 0) is 72.2 Å². The molecule has 0 unspecified atom stereocenters. The second-order valence-corrected chi connectivity index (χ2v) is 12.7. The van der Waals surface area contributed by atoms with Crippen LogP contribution in [0.4, 0.5) is 0 Å². The van der Waals surface area contributed by atoms with Crippen molar-refractivity contribution in [2.45, 2.75) is 82.7 Å². The molecule has 2 saturated carbocycles. The van der Waals surface area contributed by atoms with E-state index in [-0.39, 0.29) is 48.5 Å². The molecule has 2 heterocycles. The highest BCUT2D eigenvalue weighted by Crippen LogP contribution is 2.27. The second kappa shape index (κ2) is 14.2. The normalized spacial score (nSPS) is 18.7. The van der Waals surface area contributed by atoms with Crippen molar-refractivity contribution in [2.24, 2.45) is 11.8 Å². The molecule has 2 N–H and O–H groups in total. The minimum absolute atomic E-state index is 0.0502. The van der Waals surface area contributed by atoms with Gasteiger partial charge in [-0.1, -0.05) is 49.6 Å². The number of pyridine rings is 1. The van der Waals surface area contributed by atoms with Crippen molar-refractivity contribution >= 4 is 50.7 Å². The number of Topliss-reactive ketones (excluding diaryl/α,β-unsaturated/α-hetero) is 3. The van der Waals surface area contributed by atoms with Crippen LogP contribution in [0.25, 0.3) is 5.65 Å². The van der Waals surface area contributed by atoms with Crippen molar-refractivity contribution in [2.75, 3.05) is 0 Å². The third-order valence-electron chi connectivity index (χ3n) is 8.58. The van der Waals surface area contributed by atoms with Gasteiger partial charge < -0.3 is 15.0 Å². The number of carbonyl (C=O) groups is 5. The Morgan fingerprint density at radius 3 is 2.44 bits per heavy atom. The highest BCUT2D eigenvalue weighted by molar-refractivity contribution is 9.10. The third kappa shape index (κ3) is 8.04. The Morgan fingerprint density at radius 1 is 0.953 bits per heavy atom. The average molecular weight is 650 g/mol. The van der Waals surface area contributed by atoms with Gasteiger partial charge in [-0.25, -0.2) is 4.98 Å². The fraction of sp³-hybridized carbons (Fsp3) is 0.455. The zero-order chi connectivity index (χ0) is 30.3. The zero-order valence-corrected chi connectivity index (χ0v) is 25.7. The van der Waals surface area contributed by atoms with Crippen LogP contribution in [0.3, 0.4) is 0 Å². The minimum atomic E-state index is -1.15. The summed E-state index contributed by atoms with van der Waals surface area (Å²) >= 11 is 3.42. The molecular weight excluding hydrogens is 612 g/mol. The van der Waals surface area contributed by atoms with Gasteiger partial charge in [0.05, 0.1) is 6.04 Å². The number of fused-ring (bicyclic) bond motifs is 1. The predicted octanol–water partition coefficient (Wildman–Crippen LogP) is 4.79. The van der Waals surface area contributed by atoms with Crippen molar-refractivity contribution in [1.82, 2.24) is 20.0 Å². The highest BCUT2D eigenvalue weighted by Gasteiger charge is 2.36. The molecule has 2 aliphatic rings. The first kappa shape index (κ1) is 30.8. The Bertz CT molecular complexity index is 1500. The number of ketones is 3. The van der Waals surface area contributed by atoms with Gasteiger partial charge in [-0.3, -0.25) is 24.0 Å². The van der Waals surface area contributed by atoms with E-state index in [1.54, 1.807) is 22.9 Å². The van der Waals surface area contributed by atoms with E-state index in [0.29, 0.717) is 18.5 Å². The predicted molar refractivity (Wildman–Crippen MR) is 164 cm³/mol. The summed E-state index contributed by atoms with van der Waals surface area (Å²) in [6.07, 6.45) is 10.2. The molecular formula is C33H37BrN4O5. The molecule has 5 rings (SSSR count). The van der Waals surface area contributed by atoms with Gasteiger partial charge in [-0.2, -0.15) is 0 Å². The smallest absolute Gasteiger partial charge is 0.289 e. The number of halogens is 1. The van der Waals surface area contributed by atoms with E-state index in [9.17, 15) is 24.0 Å². The average Bonchev–Trinajstić information content (AvgIpc) is 3.62. The Labute approximate surface area is 259 Å². The van der Waals surface area contributed by atoms with Crippen LogP contribution in [0.15, 0.2) is 59.3 Å². The van der Waals surface area contributed by atoms with Crippen molar-refractivity contribution in [3.05, 3.63) is 70.6 Å². The quantitative estimate of drug-likeness (QED) is 0.215. The first-order valence-electron chi connectivity index (χ1n) is 15.2. The highest BCUT2D eigenvalue weighted by atomic mass is 79.9. The number of nitrogens with zero attached hydrogens (tertiary/aromatic N) is 2. The summed E-state index contributed by atoms with van der Waals surface area (Å²) in [5, 5.41) is 5.66. The lowest BCUT2D eigenvalue weighted by atomic mass is 9.90. The number of hydrogen-bond donors (Lipinski definition) is 2. The fourth-order valence-corrected chi connectivity index (χ4v) is 6.54. The molecule has 2 fully saturated rings. The number of benzene rings is 1. The van der Waals surface area contributed by atoms with Crippen LogP contribution in [-0.2, 0) is 25.6 Å². The van der Waals surface area contributed by atoms with Crippen LogP contribution in [-0.4, -0.2) is 50.6 Å². The molecule has 0 saturated heterocycles. The van der Waals surface area contributed by atoms with Crippen molar-refractivity contribution in [3.63, 3.8) is 0 Å². The van der Waals surface area contributed by atoms with Crippen LogP contribution in [0, 0.1) is 11.8 Å². The van der Waals surface area contributed by atoms with Gasteiger partial charge >= 0.3 is 0 Å². The summed E-state index contributed by atoms with van der Waals surface area (Å²) < 4.78 is 2.57. The van der Waals surface area contributed by atoms with Gasteiger partial charge in [0.2, 0.25) is 11.7 Å². The monoisotopic (exact) mass is 648 g/mol. The van der Waals surface area contributed by atoms with Crippen LogP contribution < -0.4 is 10.6 Å². The summed E-state index contributed by atoms with van der Waals surface area (Å²) in [5.41, 5.74) is 1.70. The Kier molecular flexibility index (Phi) is 10.2. The molecule has 9 nitrogen and oxygen atoms in total. The molecule has 0 bridgehead atoms. The lowest BCUT2D eigenvalue weighted by Gasteiger charge is -2.26. The maximum Gasteiger partial charge on any atom is 0.289 e. The largest absolute Gasteiger partial charge is 0.347 e. The van der Waals surface area contributed by atoms with Gasteiger partial charge in [-0.15, -0.1) is 0 Å². The molecule has 0 spiro atoms. The van der Waals surface area contributed by atoms with Crippen molar-refractivity contribution in [1.29, 1.82) is 0 Å². The summed E-state index contributed by atoms with van der Waals surface area (Å²) in [6, 6.07) is 11.8. The molecule has 10 heteroatoms. The molecule has 3 atom stereocenters. The number of nitrogens with one attached hydrogen (secondary N) is 2. The molecule has 3 aromatic rings. The first-order chi connectivity index (χ1) is 20.8. The molecule has 1 aromatic carbocycles. The second-order valence-electron chi connectivity index (χ2n) is 11.8. The van der Waals surface area contributed by atoms with Gasteiger partial charge in [0.25, 0.3) is 5.91 Å². The number of imidazole rings is 1. The molecule has 2 amide bonds. The molecule has 226 valence electrons. The van der Waals surface area contributed by atoms with Crippen LogP contribution in [0.2, 0.25) is 0 Å². The number of aromatic nitrogens is 2. The van der Waals surface area contributed by atoms with Gasteiger partial charge in [0.15, 0.2) is 5.78 Å². The Hall–Kier alpha value is -3.66. The topological polar surface area (TPSA) is 127 Å². The number of rotatable bonds is 12. The fourth-order valence-electron chi connectivity index (χ4n) is 6.19. The lowest BCUT2D eigenvalue weighted by molar-refractivity contribution is -0.141. The molecule has 2 aromatic heterocycles. The van der Waals surface area contributed by atoms with Crippen LogP contribution in [0.5, 0.6) is 0 Å². The van der Waals surface area contributed by atoms with E-state index >= 15 is 0 Å². The van der Waals surface area contributed by atoms with E-state index in [0.717, 1.165) is 48.6 Å². The number of amides is 2. The maximum atomic E-state index is 13.8. The standard InChI is InChI=1S/C33H37BrN4O5/c34-24-14-15-30-36-27(20-38(30)19-24)29(40)18-23(16-21-8-3-1-4-9-21)32(42)37-26(17-22-10-7-13-28(22)39)31(41)33(43)35-25-11-5-2-6-12-25/h1,3-4,8-9,14-15,19-20,22-23,25-26H,2,5-7,10-13,16-18H2,(H,35,43)(H,37,42)/t22-,23+,26-/m0/s1. The number of hydrogen-bond acceptors (Lipinski definition) is 6. The van der Waals surface area contributed by atoms with Crippen LogP contribution >= 0.6 is 15.9 Å². The molecule has 43 heavy (non-hydrogen) atoms. The third-order valence-corrected chi connectivity index (χ3v) is 9.05. The van der Waals surface area contributed by atoms with E-state index < -0.39 is 29.6 Å². The number of carbonyl (C=O) groups excluding carboxylic acids is 5. The van der Waals surface area contributed by atoms with Crippen LogP contribution in [0.1, 0.15) is 80.3 Å². The van der Waals surface area contributed by atoms with Crippen molar-refractivity contribution in [3.8, 4) is 0 Å². The van der Waals surface area contributed by atoms with Gasteiger partial charge in [0, 0.05) is 47.6 Å². The molecule has 0 aliphatic heterocycles. The van der Waals surface area contributed by atoms with E-state index in [2.05, 4.69) is 31.5 Å². The minimum Gasteiger partial charge on any atom is -0.347 e. The summed E-state index contributed by atoms with van der Waals surface area (Å²) in [5.74, 6) is -3.43. The Balaban J connectivity index is 1.35. The summed E-state index contributed by atoms with van der Waals surface area (Å²) in [7, 11) is 0. The van der Waals surface area contributed by atoms with Gasteiger partial charge in [0.1, 0.15) is 17.1 Å². The van der Waals surface area contributed by atoms with E-state index in [1.807, 2.05) is 36.4 Å². The van der Waals surface area contributed by atoms with Crippen molar-refractivity contribution < 1.29 is 24.0 Å². The zero-order valence-electron chi connectivity index (χ0n) is 24.1. The SMILES string of the molecule is O=C(NC1CCCCC1)C(=O)[C@H](C[C@@H]1CCCC1=O)NC(=O)[C@@H](CC(=O)c1cn2cc(Br)ccc2n1)Cc1ccccc1. The lowest BCUT2D eigenvalue weighted by Crippen LogP contribution is -2.52. The summed E-state index contributed by atoms with van der Waals surface area (Å²) in [4.78, 5) is 70.7. The summed E-state index contributed by atoms with van der Waals surface area (Å²) in [6.45, 7) is 0. The molecule has 0 radical (unpaired) electrons. The maximum absolute atomic E-state index is 13.8. The van der Waals surface area contributed by atoms with E-state index in [4.69, 9.17) is 0 Å². The van der Waals surface area contributed by atoms with E-state index in [1.165, 1.54) is 0 Å². The molecule has 2 aliphatic carbocycles. The first-order valence-corrected chi connectivity index (χ1v) is 16.0.